The summed E-state index contributed by atoms with van der Waals surface area (Å²) in [6, 6.07) is 7.41. The van der Waals surface area contributed by atoms with Crippen molar-refractivity contribution in [3.8, 4) is 0 Å². The molecule has 0 saturated carbocycles. The summed E-state index contributed by atoms with van der Waals surface area (Å²) in [5.74, 6) is -0.0707. The van der Waals surface area contributed by atoms with Gasteiger partial charge >= 0.3 is 0 Å². The average molecular weight is 199 g/mol. The van der Waals surface area contributed by atoms with E-state index in [2.05, 4.69) is 10.6 Å². The lowest BCUT2D eigenvalue weighted by Gasteiger charge is -2.12. The summed E-state index contributed by atoms with van der Waals surface area (Å²) in [4.78, 5) is 0. The number of anilines is 2. The van der Waals surface area contributed by atoms with Crippen LogP contribution in [0, 0.1) is 0 Å². The van der Waals surface area contributed by atoms with E-state index in [-0.39, 0.29) is 5.88 Å². The lowest BCUT2D eigenvalue weighted by Crippen LogP contribution is -2.08. The van der Waals surface area contributed by atoms with E-state index in [1.54, 1.807) is 7.05 Å². The minimum absolute atomic E-state index is 0.0707. The van der Waals surface area contributed by atoms with Crippen LogP contribution in [0.25, 0.3) is 0 Å². The molecule has 1 atom stereocenters. The van der Waals surface area contributed by atoms with Crippen LogP contribution in [0.4, 0.5) is 11.4 Å². The van der Waals surface area contributed by atoms with E-state index >= 15 is 0 Å². The van der Waals surface area contributed by atoms with Crippen molar-refractivity contribution in [1.29, 1.82) is 0 Å². The number of para-hydroxylation sites is 2. The fourth-order valence-electron chi connectivity index (χ4n) is 0.992. The molecule has 72 valence electrons. The summed E-state index contributed by atoms with van der Waals surface area (Å²) >= 11 is -2.07. The summed E-state index contributed by atoms with van der Waals surface area (Å²) in [6.45, 7) is 0. The van der Waals surface area contributed by atoms with Crippen LogP contribution >= 0.6 is 0 Å². The fourth-order valence-corrected chi connectivity index (χ4v) is 1.27. The van der Waals surface area contributed by atoms with E-state index < -0.39 is 11.1 Å². The predicted molar refractivity (Wildman–Crippen MR) is 53.4 cm³/mol. The van der Waals surface area contributed by atoms with E-state index in [0.29, 0.717) is 0 Å². The van der Waals surface area contributed by atoms with Gasteiger partial charge in [0.05, 0.1) is 17.3 Å². The van der Waals surface area contributed by atoms with E-state index in [1.165, 1.54) is 0 Å². The quantitative estimate of drug-likeness (QED) is 0.709. The Morgan fingerprint density at radius 3 is 2.54 bits per heavy atom. The van der Waals surface area contributed by atoms with Gasteiger partial charge in [-0.2, -0.15) is 0 Å². The van der Waals surface area contributed by atoms with Gasteiger partial charge in [0.1, 0.15) is 0 Å². The van der Waals surface area contributed by atoms with Gasteiger partial charge in [0.15, 0.2) is 0 Å². The van der Waals surface area contributed by atoms with Gasteiger partial charge in [-0.15, -0.1) is 0 Å². The largest absolute Gasteiger partial charge is 0.771 e. The van der Waals surface area contributed by atoms with Gasteiger partial charge in [0.2, 0.25) is 0 Å². The smallest absolute Gasteiger partial charge is 0.0778 e. The summed E-state index contributed by atoms with van der Waals surface area (Å²) in [6.07, 6.45) is 0. The van der Waals surface area contributed by atoms with E-state index in [9.17, 15) is 8.76 Å². The van der Waals surface area contributed by atoms with Crippen LogP contribution in [0.3, 0.4) is 0 Å². The Morgan fingerprint density at radius 2 is 2.00 bits per heavy atom. The molecule has 13 heavy (non-hydrogen) atoms. The van der Waals surface area contributed by atoms with Gasteiger partial charge in [-0.25, -0.2) is 0 Å². The first kappa shape index (κ1) is 10.0. The molecule has 0 heterocycles. The number of benzene rings is 1. The van der Waals surface area contributed by atoms with E-state index in [1.807, 2.05) is 24.3 Å². The first-order valence-corrected chi connectivity index (χ1v) is 5.05. The van der Waals surface area contributed by atoms with Crippen LogP contribution in [-0.2, 0) is 11.1 Å². The Hall–Kier alpha value is -1.07. The third-order valence-electron chi connectivity index (χ3n) is 1.58. The molecule has 1 aromatic carbocycles. The summed E-state index contributed by atoms with van der Waals surface area (Å²) in [5, 5.41) is 5.74. The van der Waals surface area contributed by atoms with Crippen molar-refractivity contribution >= 4 is 22.5 Å². The molecule has 0 aliphatic carbocycles. The maximum atomic E-state index is 10.3. The molecule has 4 nitrogen and oxygen atoms in total. The minimum atomic E-state index is -2.07. The number of nitrogens with one attached hydrogen (secondary N) is 2. The molecule has 0 radical (unpaired) electrons. The topological polar surface area (TPSA) is 64.2 Å². The van der Waals surface area contributed by atoms with Crippen molar-refractivity contribution in [2.75, 3.05) is 23.6 Å². The summed E-state index contributed by atoms with van der Waals surface area (Å²) in [5.41, 5.74) is 1.67. The molecule has 2 N–H and O–H groups in total. The van der Waals surface area contributed by atoms with Gasteiger partial charge in [0, 0.05) is 7.05 Å². The minimum Gasteiger partial charge on any atom is -0.771 e. The molecule has 5 heteroatoms. The van der Waals surface area contributed by atoms with E-state index in [4.69, 9.17) is 0 Å². The third kappa shape index (κ3) is 3.04. The fraction of sp³-hybridized carbons (Fsp3) is 0.250. The van der Waals surface area contributed by atoms with Crippen molar-refractivity contribution < 1.29 is 8.76 Å². The van der Waals surface area contributed by atoms with Crippen LogP contribution in [0.15, 0.2) is 24.3 Å². The van der Waals surface area contributed by atoms with Gasteiger partial charge in [-0.3, -0.25) is 4.21 Å². The molecule has 0 saturated heterocycles. The standard InChI is InChI=1S/C8H12N2O2S/c1-9-7-4-2-3-5-8(7)10-6-13(11)12/h2-5,9-10H,6H2,1H3,(H,11,12)/p-1. The highest BCUT2D eigenvalue weighted by atomic mass is 32.2. The molecule has 0 bridgehead atoms. The number of hydrogen-bond donors (Lipinski definition) is 2. The molecule has 1 unspecified atom stereocenters. The second-order valence-corrected chi connectivity index (χ2v) is 3.32. The highest BCUT2D eigenvalue weighted by Gasteiger charge is 1.96. The van der Waals surface area contributed by atoms with E-state index in [0.717, 1.165) is 11.4 Å². The van der Waals surface area contributed by atoms with Gasteiger partial charge < -0.3 is 15.2 Å². The third-order valence-corrected chi connectivity index (χ3v) is 1.96. The SMILES string of the molecule is CNc1ccccc1NCS(=O)[O-]. The number of hydrogen-bond acceptors (Lipinski definition) is 4. The van der Waals surface area contributed by atoms with Crippen LogP contribution in [0.1, 0.15) is 0 Å². The highest BCUT2D eigenvalue weighted by molar-refractivity contribution is 7.79. The Morgan fingerprint density at radius 1 is 1.38 bits per heavy atom. The maximum absolute atomic E-state index is 10.3. The van der Waals surface area contributed by atoms with Crippen molar-refractivity contribution in [2.24, 2.45) is 0 Å². The molecule has 0 aromatic heterocycles. The van der Waals surface area contributed by atoms with Crippen LogP contribution in [0.2, 0.25) is 0 Å². The Bertz CT molecular complexity index is 304. The summed E-state index contributed by atoms with van der Waals surface area (Å²) < 4.78 is 20.6. The zero-order chi connectivity index (χ0) is 9.68. The Kier molecular flexibility index (Phi) is 3.72. The van der Waals surface area contributed by atoms with Crippen molar-refractivity contribution in [1.82, 2.24) is 0 Å². The Balaban J connectivity index is 2.69. The van der Waals surface area contributed by atoms with Gasteiger partial charge in [0.25, 0.3) is 0 Å². The van der Waals surface area contributed by atoms with Crippen LogP contribution < -0.4 is 10.6 Å². The molecule has 0 spiro atoms. The van der Waals surface area contributed by atoms with Crippen LogP contribution in [0.5, 0.6) is 0 Å². The van der Waals surface area contributed by atoms with Crippen LogP contribution in [-0.4, -0.2) is 21.7 Å². The second-order valence-electron chi connectivity index (χ2n) is 2.42. The zero-order valence-electron chi connectivity index (χ0n) is 7.24. The monoisotopic (exact) mass is 199 g/mol. The molecule has 1 aromatic rings. The molecule has 0 aliphatic heterocycles. The Labute approximate surface area is 79.6 Å². The molecular formula is C8H11N2O2S-. The molecule has 0 aliphatic rings. The second kappa shape index (κ2) is 4.84. The van der Waals surface area contributed by atoms with Crippen molar-refractivity contribution in [2.45, 2.75) is 0 Å². The van der Waals surface area contributed by atoms with Crippen molar-refractivity contribution in [3.63, 3.8) is 0 Å². The van der Waals surface area contributed by atoms with Gasteiger partial charge in [-0.05, 0) is 23.2 Å². The maximum Gasteiger partial charge on any atom is 0.0778 e. The first-order chi connectivity index (χ1) is 6.24. The molecular weight excluding hydrogens is 188 g/mol. The normalized spacial score (nSPS) is 12.2. The average Bonchev–Trinajstić information content (AvgIpc) is 2.15. The summed E-state index contributed by atoms with van der Waals surface area (Å²) in [7, 11) is 1.79. The lowest BCUT2D eigenvalue weighted by molar-refractivity contribution is 0.539. The lowest BCUT2D eigenvalue weighted by atomic mass is 10.3. The molecule has 0 amide bonds. The predicted octanol–water partition coefficient (Wildman–Crippen LogP) is 0.977. The first-order valence-electron chi connectivity index (χ1n) is 3.80. The van der Waals surface area contributed by atoms with Gasteiger partial charge in [-0.1, -0.05) is 12.1 Å². The number of rotatable bonds is 4. The zero-order valence-corrected chi connectivity index (χ0v) is 8.06. The molecule has 0 fully saturated rings. The molecule has 1 rings (SSSR count). The van der Waals surface area contributed by atoms with Crippen molar-refractivity contribution in [3.05, 3.63) is 24.3 Å². The highest BCUT2D eigenvalue weighted by Crippen LogP contribution is 2.19.